The number of benzene rings is 2. The molecule has 0 radical (unpaired) electrons. The average Bonchev–Trinajstić information content (AvgIpc) is 2.79. The molecule has 2 aromatic carbocycles. The molecular formula is C23H28N4O6. The Morgan fingerprint density at radius 3 is 2.09 bits per heavy atom. The first-order chi connectivity index (χ1) is 15.7. The highest BCUT2D eigenvalue weighted by molar-refractivity contribution is 5.92. The van der Waals surface area contributed by atoms with E-state index in [-0.39, 0.29) is 18.6 Å². The number of aliphatic carboxylic acids is 1. The largest absolute Gasteiger partial charge is 0.508 e. The summed E-state index contributed by atoms with van der Waals surface area (Å²) in [5.41, 5.74) is 7.53. The van der Waals surface area contributed by atoms with Gasteiger partial charge in [-0.25, -0.2) is 0 Å². The predicted octanol–water partition coefficient (Wildman–Crippen LogP) is -0.305. The van der Waals surface area contributed by atoms with Crippen molar-refractivity contribution >= 4 is 23.7 Å². The molecule has 2 aromatic rings. The quantitative estimate of drug-likeness (QED) is 0.269. The van der Waals surface area contributed by atoms with Crippen LogP contribution in [0.25, 0.3) is 0 Å². The Bertz CT molecular complexity index is 965. The number of aromatic hydroxyl groups is 1. The maximum Gasteiger partial charge on any atom is 0.325 e. The van der Waals surface area contributed by atoms with Gasteiger partial charge in [0.1, 0.15) is 17.8 Å². The smallest absolute Gasteiger partial charge is 0.325 e. The molecule has 176 valence electrons. The maximum absolute atomic E-state index is 12.7. The van der Waals surface area contributed by atoms with Gasteiger partial charge < -0.3 is 31.9 Å². The van der Waals surface area contributed by atoms with Crippen LogP contribution in [0.1, 0.15) is 18.1 Å². The molecule has 0 saturated carbocycles. The van der Waals surface area contributed by atoms with Gasteiger partial charge in [-0.3, -0.25) is 19.2 Å². The summed E-state index contributed by atoms with van der Waals surface area (Å²) in [5, 5.41) is 25.5. The molecule has 0 spiro atoms. The van der Waals surface area contributed by atoms with Crippen LogP contribution in [0.3, 0.4) is 0 Å². The molecule has 33 heavy (non-hydrogen) atoms. The van der Waals surface area contributed by atoms with E-state index in [0.29, 0.717) is 0 Å². The second-order valence-corrected chi connectivity index (χ2v) is 7.57. The minimum atomic E-state index is -1.20. The van der Waals surface area contributed by atoms with Gasteiger partial charge in [0.15, 0.2) is 0 Å². The number of phenolic OH excluding ortho intramolecular Hbond substituents is 1. The summed E-state index contributed by atoms with van der Waals surface area (Å²) in [6.45, 7) is 0.854. The maximum atomic E-state index is 12.7. The van der Waals surface area contributed by atoms with Gasteiger partial charge in [0, 0.05) is 6.42 Å². The molecule has 0 aliphatic heterocycles. The van der Waals surface area contributed by atoms with Gasteiger partial charge in [0.05, 0.1) is 12.6 Å². The van der Waals surface area contributed by atoms with E-state index < -0.39 is 48.4 Å². The SMILES string of the molecule is CC(NC(=O)CNC(=O)C(Cc1ccccc1)NC(=O)C(N)Cc1ccc(O)cc1)C(=O)O. The molecular weight excluding hydrogens is 428 g/mol. The zero-order valence-electron chi connectivity index (χ0n) is 18.2. The molecule has 0 aliphatic carbocycles. The van der Waals surface area contributed by atoms with Crippen molar-refractivity contribution in [3.05, 3.63) is 65.7 Å². The highest BCUT2D eigenvalue weighted by atomic mass is 16.4. The van der Waals surface area contributed by atoms with Crippen LogP contribution in [0.4, 0.5) is 0 Å². The fourth-order valence-electron chi connectivity index (χ4n) is 2.96. The number of phenols is 1. The number of nitrogens with one attached hydrogen (secondary N) is 3. The molecule has 2 rings (SSSR count). The van der Waals surface area contributed by atoms with E-state index >= 15 is 0 Å². The first-order valence-electron chi connectivity index (χ1n) is 10.3. The molecule has 0 heterocycles. The average molecular weight is 456 g/mol. The van der Waals surface area contributed by atoms with E-state index in [4.69, 9.17) is 10.8 Å². The summed E-state index contributed by atoms with van der Waals surface area (Å²) in [6.07, 6.45) is 0.360. The second kappa shape index (κ2) is 12.2. The zero-order valence-corrected chi connectivity index (χ0v) is 18.2. The minimum Gasteiger partial charge on any atom is -0.508 e. The van der Waals surface area contributed by atoms with E-state index in [1.54, 1.807) is 36.4 Å². The molecule has 10 heteroatoms. The van der Waals surface area contributed by atoms with Gasteiger partial charge >= 0.3 is 5.97 Å². The number of hydrogen-bond acceptors (Lipinski definition) is 6. The van der Waals surface area contributed by atoms with Gasteiger partial charge in [0.2, 0.25) is 17.7 Å². The molecule has 3 unspecified atom stereocenters. The van der Waals surface area contributed by atoms with Crippen LogP contribution in [0.5, 0.6) is 5.75 Å². The molecule has 0 aromatic heterocycles. The second-order valence-electron chi connectivity index (χ2n) is 7.57. The number of rotatable bonds is 11. The summed E-state index contributed by atoms with van der Waals surface area (Å²) >= 11 is 0. The summed E-state index contributed by atoms with van der Waals surface area (Å²) < 4.78 is 0. The topological polar surface area (TPSA) is 171 Å². The molecule has 7 N–H and O–H groups in total. The third-order valence-electron chi connectivity index (χ3n) is 4.82. The molecule has 10 nitrogen and oxygen atoms in total. The third-order valence-corrected chi connectivity index (χ3v) is 4.82. The summed E-state index contributed by atoms with van der Waals surface area (Å²) in [4.78, 5) is 48.1. The van der Waals surface area contributed by atoms with Crippen LogP contribution in [0.2, 0.25) is 0 Å². The van der Waals surface area contributed by atoms with Crippen molar-refractivity contribution in [1.82, 2.24) is 16.0 Å². The Kier molecular flexibility index (Phi) is 9.37. The lowest BCUT2D eigenvalue weighted by Gasteiger charge is -2.21. The van der Waals surface area contributed by atoms with E-state index in [1.165, 1.54) is 19.1 Å². The predicted molar refractivity (Wildman–Crippen MR) is 120 cm³/mol. The Hall–Kier alpha value is -3.92. The monoisotopic (exact) mass is 456 g/mol. The molecule has 3 amide bonds. The van der Waals surface area contributed by atoms with Crippen LogP contribution in [-0.2, 0) is 32.0 Å². The van der Waals surface area contributed by atoms with Crippen molar-refractivity contribution < 1.29 is 29.4 Å². The van der Waals surface area contributed by atoms with Crippen molar-refractivity contribution in [1.29, 1.82) is 0 Å². The number of carboxylic acids is 1. The Labute approximate surface area is 191 Å². The highest BCUT2D eigenvalue weighted by Crippen LogP contribution is 2.11. The third kappa shape index (κ3) is 8.62. The normalized spacial score (nSPS) is 13.3. The van der Waals surface area contributed by atoms with Crippen LogP contribution < -0.4 is 21.7 Å². The molecule has 0 aliphatic rings. The fraction of sp³-hybridized carbons (Fsp3) is 0.304. The number of hydrogen-bond donors (Lipinski definition) is 6. The van der Waals surface area contributed by atoms with Crippen LogP contribution in [0.15, 0.2) is 54.6 Å². The highest BCUT2D eigenvalue weighted by Gasteiger charge is 2.25. The van der Waals surface area contributed by atoms with E-state index in [9.17, 15) is 24.3 Å². The molecule has 3 atom stereocenters. The van der Waals surface area contributed by atoms with Gasteiger partial charge in [-0.15, -0.1) is 0 Å². The summed E-state index contributed by atoms with van der Waals surface area (Å²) in [5.74, 6) is -2.94. The lowest BCUT2D eigenvalue weighted by molar-refractivity contribution is -0.141. The number of carbonyl (C=O) groups is 4. The van der Waals surface area contributed by atoms with Crippen molar-refractivity contribution in [2.24, 2.45) is 5.73 Å². The Morgan fingerprint density at radius 2 is 1.48 bits per heavy atom. The lowest BCUT2D eigenvalue weighted by atomic mass is 10.0. The van der Waals surface area contributed by atoms with Crippen LogP contribution in [0, 0.1) is 0 Å². The van der Waals surface area contributed by atoms with Crippen molar-refractivity contribution in [3.63, 3.8) is 0 Å². The Morgan fingerprint density at radius 1 is 0.879 bits per heavy atom. The molecule has 0 fully saturated rings. The summed E-state index contributed by atoms with van der Waals surface area (Å²) in [7, 11) is 0. The van der Waals surface area contributed by atoms with E-state index in [2.05, 4.69) is 16.0 Å². The van der Waals surface area contributed by atoms with Gasteiger partial charge in [-0.1, -0.05) is 42.5 Å². The molecule has 0 saturated heterocycles. The standard InChI is InChI=1S/C23H28N4O6/c1-14(23(32)33)26-20(29)13-25-22(31)19(12-15-5-3-2-4-6-15)27-21(30)18(24)11-16-7-9-17(28)10-8-16/h2-10,14,18-19,28H,11-13,24H2,1H3,(H,25,31)(H,26,29)(H,27,30)(H,32,33). The number of carbonyl (C=O) groups excluding carboxylic acids is 3. The summed E-state index contributed by atoms with van der Waals surface area (Å²) in [6, 6.07) is 12.2. The fourth-order valence-corrected chi connectivity index (χ4v) is 2.96. The van der Waals surface area contributed by atoms with Crippen molar-refractivity contribution in [2.45, 2.75) is 37.9 Å². The number of amides is 3. The number of carboxylic acid groups (broad SMARTS) is 1. The van der Waals surface area contributed by atoms with Crippen molar-refractivity contribution in [2.75, 3.05) is 6.54 Å². The van der Waals surface area contributed by atoms with Crippen LogP contribution in [-0.4, -0.2) is 58.6 Å². The van der Waals surface area contributed by atoms with Gasteiger partial charge in [-0.2, -0.15) is 0 Å². The zero-order chi connectivity index (χ0) is 24.4. The first kappa shape index (κ1) is 25.3. The lowest BCUT2D eigenvalue weighted by Crippen LogP contribution is -2.54. The van der Waals surface area contributed by atoms with Crippen LogP contribution >= 0.6 is 0 Å². The minimum absolute atomic E-state index is 0.0955. The van der Waals surface area contributed by atoms with E-state index in [1.807, 2.05) is 6.07 Å². The van der Waals surface area contributed by atoms with Gasteiger partial charge in [-0.05, 0) is 36.6 Å². The number of nitrogens with two attached hydrogens (primary N) is 1. The first-order valence-corrected chi connectivity index (χ1v) is 10.3. The van der Waals surface area contributed by atoms with Crippen molar-refractivity contribution in [3.8, 4) is 5.75 Å². The molecule has 0 bridgehead atoms. The van der Waals surface area contributed by atoms with E-state index in [0.717, 1.165) is 11.1 Å². The van der Waals surface area contributed by atoms with Gasteiger partial charge in [0.25, 0.3) is 0 Å². The Balaban J connectivity index is 2.02.